The summed E-state index contributed by atoms with van der Waals surface area (Å²) in [6.07, 6.45) is 8.38. The highest BCUT2D eigenvalue weighted by molar-refractivity contribution is 7.80. The van der Waals surface area contributed by atoms with Crippen LogP contribution in [0, 0.1) is 11.8 Å². The molecule has 0 aromatic rings. The minimum atomic E-state index is 0.105. The largest absolute Gasteiger partial charge is 0.393 e. The number of nitrogens with zero attached hydrogens (tertiary/aromatic N) is 1. The van der Waals surface area contributed by atoms with Gasteiger partial charge in [-0.3, -0.25) is 4.79 Å². The van der Waals surface area contributed by atoms with Crippen LogP contribution in [0.2, 0.25) is 0 Å². The van der Waals surface area contributed by atoms with Crippen LogP contribution in [0.15, 0.2) is 0 Å². The Bertz CT molecular complexity index is 299. The van der Waals surface area contributed by atoms with Crippen molar-refractivity contribution < 1.29 is 4.79 Å². The Morgan fingerprint density at radius 1 is 1.32 bits per heavy atom. The van der Waals surface area contributed by atoms with Crippen molar-refractivity contribution in [2.75, 3.05) is 13.1 Å². The molecule has 3 nitrogen and oxygen atoms in total. The predicted octanol–water partition coefficient (Wildman–Crippen LogP) is 3.12. The monoisotopic (exact) mass is 284 g/mol. The molecule has 1 amide bonds. The number of carbonyl (C=O) groups excluding carboxylic acids is 1. The normalized spacial score (nSPS) is 18.6. The van der Waals surface area contributed by atoms with Gasteiger partial charge in [0.2, 0.25) is 5.91 Å². The summed E-state index contributed by atoms with van der Waals surface area (Å²) >= 11 is 4.99. The van der Waals surface area contributed by atoms with Gasteiger partial charge in [0, 0.05) is 25.4 Å². The van der Waals surface area contributed by atoms with Crippen LogP contribution in [-0.2, 0) is 4.79 Å². The van der Waals surface area contributed by atoms with E-state index in [0.717, 1.165) is 6.54 Å². The zero-order valence-corrected chi connectivity index (χ0v) is 13.2. The van der Waals surface area contributed by atoms with Gasteiger partial charge in [-0.15, -0.1) is 0 Å². The van der Waals surface area contributed by atoms with E-state index in [9.17, 15) is 4.79 Å². The fourth-order valence-corrected chi connectivity index (χ4v) is 2.85. The summed E-state index contributed by atoms with van der Waals surface area (Å²) in [6, 6.07) is 0. The van der Waals surface area contributed by atoms with Gasteiger partial charge in [0.05, 0.1) is 4.99 Å². The average Bonchev–Trinajstić information content (AvgIpc) is 2.63. The molecule has 19 heavy (non-hydrogen) atoms. The zero-order chi connectivity index (χ0) is 14.3. The number of thiocarbonyl (C=S) groups is 1. The van der Waals surface area contributed by atoms with E-state index in [1.165, 1.54) is 38.5 Å². The molecular formula is C15H28N2OS. The Morgan fingerprint density at radius 3 is 2.37 bits per heavy atom. The van der Waals surface area contributed by atoms with Crippen LogP contribution in [0.1, 0.15) is 58.8 Å². The molecule has 1 unspecified atom stereocenters. The third-order valence-corrected chi connectivity index (χ3v) is 4.55. The number of rotatable bonds is 6. The van der Waals surface area contributed by atoms with Crippen LogP contribution < -0.4 is 5.73 Å². The van der Waals surface area contributed by atoms with Crippen LogP contribution in [0.3, 0.4) is 0 Å². The van der Waals surface area contributed by atoms with Crippen LogP contribution in [0.25, 0.3) is 0 Å². The first-order valence-electron chi connectivity index (χ1n) is 7.61. The van der Waals surface area contributed by atoms with Crippen molar-refractivity contribution in [2.45, 2.75) is 58.8 Å². The number of carbonyl (C=O) groups is 1. The average molecular weight is 284 g/mol. The molecule has 1 saturated carbocycles. The molecular weight excluding hydrogens is 256 g/mol. The molecule has 2 N–H and O–H groups in total. The second-order valence-corrected chi connectivity index (χ2v) is 6.27. The fourth-order valence-electron chi connectivity index (χ4n) is 2.77. The Kier molecular flexibility index (Phi) is 7.36. The second-order valence-electron chi connectivity index (χ2n) is 5.80. The summed E-state index contributed by atoms with van der Waals surface area (Å²) in [4.78, 5) is 14.8. The van der Waals surface area contributed by atoms with Crippen LogP contribution in [-0.4, -0.2) is 28.9 Å². The molecule has 1 atom stereocenters. The summed E-state index contributed by atoms with van der Waals surface area (Å²) in [7, 11) is 0. The highest BCUT2D eigenvalue weighted by Gasteiger charge is 2.21. The van der Waals surface area contributed by atoms with Gasteiger partial charge in [-0.05, 0) is 25.7 Å². The lowest BCUT2D eigenvalue weighted by Crippen LogP contribution is -2.38. The molecule has 0 heterocycles. The van der Waals surface area contributed by atoms with Crippen LogP contribution in [0.4, 0.5) is 0 Å². The van der Waals surface area contributed by atoms with Gasteiger partial charge in [-0.2, -0.15) is 0 Å². The molecule has 1 rings (SSSR count). The molecule has 0 radical (unpaired) electrons. The van der Waals surface area contributed by atoms with E-state index in [2.05, 4.69) is 0 Å². The quantitative estimate of drug-likeness (QED) is 0.602. The molecule has 0 aromatic heterocycles. The van der Waals surface area contributed by atoms with Gasteiger partial charge in [-0.25, -0.2) is 0 Å². The minimum Gasteiger partial charge on any atom is -0.393 e. The van der Waals surface area contributed by atoms with Gasteiger partial charge in [0.15, 0.2) is 0 Å². The molecule has 1 aliphatic rings. The molecule has 110 valence electrons. The molecule has 0 aromatic carbocycles. The summed E-state index contributed by atoms with van der Waals surface area (Å²) < 4.78 is 0. The summed E-state index contributed by atoms with van der Waals surface area (Å²) in [5, 5.41) is 0. The van der Waals surface area contributed by atoms with Gasteiger partial charge in [0.25, 0.3) is 0 Å². The molecule has 0 spiro atoms. The third-order valence-electron chi connectivity index (χ3n) is 4.15. The molecule has 0 bridgehead atoms. The topological polar surface area (TPSA) is 46.3 Å². The van der Waals surface area contributed by atoms with Crippen molar-refractivity contribution in [3.63, 3.8) is 0 Å². The molecule has 0 saturated heterocycles. The fraction of sp³-hybridized carbons (Fsp3) is 0.867. The van der Waals surface area contributed by atoms with Crippen molar-refractivity contribution >= 4 is 23.1 Å². The maximum Gasteiger partial charge on any atom is 0.222 e. The van der Waals surface area contributed by atoms with E-state index in [0.29, 0.717) is 23.9 Å². The van der Waals surface area contributed by atoms with E-state index in [1.54, 1.807) is 0 Å². The number of hydrogen-bond donors (Lipinski definition) is 1. The maximum atomic E-state index is 12.4. The SMILES string of the molecule is CCN(CC(C)C(N)=S)C(=O)CC1CCCCCC1. The standard InChI is InChI=1S/C15H28N2OS/c1-3-17(11-12(2)15(16)19)14(18)10-13-8-6-4-5-7-9-13/h12-13H,3-11H2,1-2H3,(H2,16,19). The summed E-state index contributed by atoms with van der Waals surface area (Å²) in [5.74, 6) is 0.967. The van der Waals surface area contributed by atoms with Crippen molar-refractivity contribution in [3.8, 4) is 0 Å². The van der Waals surface area contributed by atoms with Gasteiger partial charge < -0.3 is 10.6 Å². The van der Waals surface area contributed by atoms with E-state index < -0.39 is 0 Å². The molecule has 1 fully saturated rings. The maximum absolute atomic E-state index is 12.4. The highest BCUT2D eigenvalue weighted by Crippen LogP contribution is 2.26. The first-order valence-corrected chi connectivity index (χ1v) is 8.02. The van der Waals surface area contributed by atoms with Crippen LogP contribution >= 0.6 is 12.2 Å². The van der Waals surface area contributed by atoms with Gasteiger partial charge in [0.1, 0.15) is 0 Å². The first-order chi connectivity index (χ1) is 9.04. The van der Waals surface area contributed by atoms with Crippen molar-refractivity contribution in [3.05, 3.63) is 0 Å². The molecule has 0 aliphatic heterocycles. The predicted molar refractivity (Wildman–Crippen MR) is 84.0 cm³/mol. The highest BCUT2D eigenvalue weighted by atomic mass is 32.1. The molecule has 4 heteroatoms. The summed E-state index contributed by atoms with van der Waals surface area (Å²) in [5.41, 5.74) is 5.64. The van der Waals surface area contributed by atoms with E-state index in [-0.39, 0.29) is 11.8 Å². The van der Waals surface area contributed by atoms with E-state index in [4.69, 9.17) is 18.0 Å². The Labute approximate surface area is 122 Å². The first kappa shape index (κ1) is 16.4. The lowest BCUT2D eigenvalue weighted by molar-refractivity contribution is -0.132. The van der Waals surface area contributed by atoms with E-state index >= 15 is 0 Å². The Hall–Kier alpha value is -0.640. The number of amides is 1. The lowest BCUT2D eigenvalue weighted by atomic mass is 9.96. The number of hydrogen-bond acceptors (Lipinski definition) is 2. The lowest BCUT2D eigenvalue weighted by Gasteiger charge is -2.26. The van der Waals surface area contributed by atoms with Gasteiger partial charge >= 0.3 is 0 Å². The zero-order valence-electron chi connectivity index (χ0n) is 12.4. The van der Waals surface area contributed by atoms with E-state index in [1.807, 2.05) is 18.7 Å². The Morgan fingerprint density at radius 2 is 1.89 bits per heavy atom. The molecule has 1 aliphatic carbocycles. The van der Waals surface area contributed by atoms with Crippen molar-refractivity contribution in [1.82, 2.24) is 4.90 Å². The Balaban J connectivity index is 2.46. The van der Waals surface area contributed by atoms with Gasteiger partial charge in [-0.1, -0.05) is 44.8 Å². The van der Waals surface area contributed by atoms with Crippen LogP contribution in [0.5, 0.6) is 0 Å². The third kappa shape index (κ3) is 5.89. The second kappa shape index (κ2) is 8.51. The summed E-state index contributed by atoms with van der Waals surface area (Å²) in [6.45, 7) is 5.43. The van der Waals surface area contributed by atoms with Crippen molar-refractivity contribution in [2.24, 2.45) is 17.6 Å². The van der Waals surface area contributed by atoms with Crippen molar-refractivity contribution in [1.29, 1.82) is 0 Å². The number of nitrogens with two attached hydrogens (primary N) is 1. The smallest absolute Gasteiger partial charge is 0.222 e. The minimum absolute atomic E-state index is 0.105.